The maximum Gasteiger partial charge on any atom is 0.294 e. The number of hydrogen-bond acceptors (Lipinski definition) is 4. The van der Waals surface area contributed by atoms with Gasteiger partial charge in [-0.3, -0.25) is 9.69 Å². The molecule has 2 aromatic heterocycles. The summed E-state index contributed by atoms with van der Waals surface area (Å²) in [5.74, 6) is 0.00454. The SMILES string of the molecule is CC(C)C1=C(O)C(=O)N(c2ccc3[nH]cnc3c2)C1c1ccco1. The summed E-state index contributed by atoms with van der Waals surface area (Å²) in [6.07, 6.45) is 3.18. The first-order valence-corrected chi connectivity index (χ1v) is 7.81. The number of aliphatic hydroxyl groups excluding tert-OH is 1. The van der Waals surface area contributed by atoms with E-state index in [4.69, 9.17) is 4.42 Å². The van der Waals surface area contributed by atoms with E-state index in [0.29, 0.717) is 17.0 Å². The first kappa shape index (κ1) is 14.6. The van der Waals surface area contributed by atoms with Crippen molar-refractivity contribution in [3.63, 3.8) is 0 Å². The van der Waals surface area contributed by atoms with Gasteiger partial charge < -0.3 is 14.5 Å². The highest BCUT2D eigenvalue weighted by molar-refractivity contribution is 6.09. The Morgan fingerprint density at radius 3 is 2.88 bits per heavy atom. The molecule has 1 amide bonds. The number of fused-ring (bicyclic) bond motifs is 1. The first-order valence-electron chi connectivity index (χ1n) is 7.81. The first-order chi connectivity index (χ1) is 11.6. The molecule has 1 unspecified atom stereocenters. The van der Waals surface area contributed by atoms with Gasteiger partial charge in [0, 0.05) is 11.3 Å². The molecular weight excluding hydrogens is 306 g/mol. The van der Waals surface area contributed by atoms with E-state index in [1.54, 1.807) is 23.6 Å². The van der Waals surface area contributed by atoms with Crippen molar-refractivity contribution in [2.75, 3.05) is 4.90 Å². The molecule has 0 saturated heterocycles. The van der Waals surface area contributed by atoms with Gasteiger partial charge in [0.05, 0.1) is 23.6 Å². The van der Waals surface area contributed by atoms with Crippen molar-refractivity contribution in [1.82, 2.24) is 9.97 Å². The van der Waals surface area contributed by atoms with Crippen LogP contribution < -0.4 is 4.90 Å². The molecule has 6 nitrogen and oxygen atoms in total. The fourth-order valence-corrected chi connectivity index (χ4v) is 3.28. The number of imidazole rings is 1. The maximum absolute atomic E-state index is 12.7. The normalized spacial score (nSPS) is 18.4. The molecule has 3 aromatic rings. The fourth-order valence-electron chi connectivity index (χ4n) is 3.28. The van der Waals surface area contributed by atoms with E-state index < -0.39 is 11.9 Å². The summed E-state index contributed by atoms with van der Waals surface area (Å²) >= 11 is 0. The molecule has 0 radical (unpaired) electrons. The van der Waals surface area contributed by atoms with Crippen molar-refractivity contribution >= 4 is 22.6 Å². The molecule has 3 heterocycles. The second-order valence-electron chi connectivity index (χ2n) is 6.16. The van der Waals surface area contributed by atoms with E-state index in [9.17, 15) is 9.90 Å². The van der Waals surface area contributed by atoms with Crippen molar-refractivity contribution in [1.29, 1.82) is 0 Å². The summed E-state index contributed by atoms with van der Waals surface area (Å²) in [7, 11) is 0. The average molecular weight is 323 g/mol. The minimum atomic E-state index is -0.455. The summed E-state index contributed by atoms with van der Waals surface area (Å²) in [5.41, 5.74) is 2.98. The van der Waals surface area contributed by atoms with Crippen LogP contribution >= 0.6 is 0 Å². The Morgan fingerprint density at radius 2 is 2.17 bits per heavy atom. The lowest BCUT2D eigenvalue weighted by Crippen LogP contribution is -2.30. The Morgan fingerprint density at radius 1 is 1.33 bits per heavy atom. The van der Waals surface area contributed by atoms with E-state index in [2.05, 4.69) is 9.97 Å². The van der Waals surface area contributed by atoms with Gasteiger partial charge in [-0.25, -0.2) is 4.98 Å². The quantitative estimate of drug-likeness (QED) is 0.769. The zero-order valence-corrected chi connectivity index (χ0v) is 13.4. The topological polar surface area (TPSA) is 82.4 Å². The van der Waals surface area contributed by atoms with Crippen molar-refractivity contribution < 1.29 is 14.3 Å². The number of aromatic amines is 1. The van der Waals surface area contributed by atoms with Crippen molar-refractivity contribution in [3.05, 3.63) is 60.0 Å². The average Bonchev–Trinajstić information content (AvgIpc) is 3.27. The summed E-state index contributed by atoms with van der Waals surface area (Å²) in [6, 6.07) is 8.68. The van der Waals surface area contributed by atoms with Crippen LogP contribution in [0.4, 0.5) is 5.69 Å². The Bertz CT molecular complexity index is 937. The summed E-state index contributed by atoms with van der Waals surface area (Å²) in [5, 5.41) is 10.4. The predicted octanol–water partition coefficient (Wildman–Crippen LogP) is 3.71. The molecule has 0 saturated carbocycles. The number of nitrogens with one attached hydrogen (secondary N) is 1. The smallest absolute Gasteiger partial charge is 0.294 e. The Hall–Kier alpha value is -3.02. The molecule has 4 rings (SSSR count). The minimum Gasteiger partial charge on any atom is -0.503 e. The molecule has 0 fully saturated rings. The second-order valence-corrected chi connectivity index (χ2v) is 6.16. The molecule has 0 bridgehead atoms. The molecule has 122 valence electrons. The number of nitrogens with zero attached hydrogens (tertiary/aromatic N) is 2. The van der Waals surface area contributed by atoms with E-state index >= 15 is 0 Å². The van der Waals surface area contributed by atoms with Crippen molar-refractivity contribution in [3.8, 4) is 0 Å². The van der Waals surface area contributed by atoms with Crippen molar-refractivity contribution in [2.24, 2.45) is 5.92 Å². The molecule has 0 spiro atoms. The van der Waals surface area contributed by atoms with Gasteiger partial charge in [-0.15, -0.1) is 0 Å². The van der Waals surface area contributed by atoms with Gasteiger partial charge in [-0.05, 0) is 36.2 Å². The van der Waals surface area contributed by atoms with Crippen LogP contribution in [0.5, 0.6) is 0 Å². The maximum atomic E-state index is 12.7. The minimum absolute atomic E-state index is 0.00293. The number of benzene rings is 1. The lowest BCUT2D eigenvalue weighted by molar-refractivity contribution is -0.117. The lowest BCUT2D eigenvalue weighted by Gasteiger charge is -2.26. The number of aliphatic hydroxyl groups is 1. The third-order valence-electron chi connectivity index (χ3n) is 4.37. The van der Waals surface area contributed by atoms with E-state index in [-0.39, 0.29) is 11.7 Å². The molecule has 0 aliphatic carbocycles. The highest BCUT2D eigenvalue weighted by Gasteiger charge is 2.43. The molecule has 1 aliphatic rings. The van der Waals surface area contributed by atoms with Crippen LogP contribution in [0, 0.1) is 5.92 Å². The summed E-state index contributed by atoms with van der Waals surface area (Å²) in [4.78, 5) is 21.6. The molecule has 2 N–H and O–H groups in total. The number of H-pyrrole nitrogens is 1. The molecule has 1 atom stereocenters. The fraction of sp³-hybridized carbons (Fsp3) is 0.222. The van der Waals surface area contributed by atoms with Gasteiger partial charge >= 0.3 is 0 Å². The van der Waals surface area contributed by atoms with Crippen LogP contribution in [0.3, 0.4) is 0 Å². The van der Waals surface area contributed by atoms with E-state index in [0.717, 1.165) is 11.0 Å². The standard InChI is InChI=1S/C18H17N3O3/c1-10(2)15-16(14-4-3-7-24-14)21(18(23)17(15)22)11-5-6-12-13(8-11)20-9-19-12/h3-10,16,22H,1-2H3,(H,19,20). The molecular formula is C18H17N3O3. The number of anilines is 1. The van der Waals surface area contributed by atoms with Gasteiger partial charge in [0.2, 0.25) is 0 Å². The van der Waals surface area contributed by atoms with Gasteiger partial charge in [0.25, 0.3) is 5.91 Å². The van der Waals surface area contributed by atoms with E-state index in [1.165, 1.54) is 0 Å². The number of carbonyl (C=O) groups excluding carboxylic acids is 1. The van der Waals surface area contributed by atoms with Crippen LogP contribution in [0.1, 0.15) is 25.6 Å². The van der Waals surface area contributed by atoms with Gasteiger partial charge in [0.1, 0.15) is 11.8 Å². The van der Waals surface area contributed by atoms with Gasteiger partial charge in [-0.2, -0.15) is 0 Å². The van der Waals surface area contributed by atoms with Crippen molar-refractivity contribution in [2.45, 2.75) is 19.9 Å². The summed E-state index contributed by atoms with van der Waals surface area (Å²) in [6.45, 7) is 3.91. The second kappa shape index (κ2) is 5.26. The van der Waals surface area contributed by atoms with Crippen LogP contribution in [0.15, 0.2) is 58.7 Å². The number of hydrogen-bond donors (Lipinski definition) is 2. The third-order valence-corrected chi connectivity index (χ3v) is 4.37. The van der Waals surface area contributed by atoms with Crippen LogP contribution in [0.25, 0.3) is 11.0 Å². The summed E-state index contributed by atoms with van der Waals surface area (Å²) < 4.78 is 5.56. The van der Waals surface area contributed by atoms with Crippen LogP contribution in [0.2, 0.25) is 0 Å². The Balaban J connectivity index is 1.88. The monoisotopic (exact) mass is 323 g/mol. The van der Waals surface area contributed by atoms with Gasteiger partial charge in [-0.1, -0.05) is 13.8 Å². The molecule has 24 heavy (non-hydrogen) atoms. The largest absolute Gasteiger partial charge is 0.503 e. The van der Waals surface area contributed by atoms with Gasteiger partial charge in [0.15, 0.2) is 5.76 Å². The number of carbonyl (C=O) groups is 1. The molecule has 1 aromatic carbocycles. The zero-order valence-electron chi connectivity index (χ0n) is 13.4. The predicted molar refractivity (Wildman–Crippen MR) is 89.5 cm³/mol. The number of amides is 1. The number of aromatic nitrogens is 2. The van der Waals surface area contributed by atoms with E-state index in [1.807, 2.05) is 38.1 Å². The molecule has 1 aliphatic heterocycles. The zero-order chi connectivity index (χ0) is 16.8. The lowest BCUT2D eigenvalue weighted by atomic mass is 9.94. The Kier molecular flexibility index (Phi) is 3.19. The third kappa shape index (κ3) is 2.03. The highest BCUT2D eigenvalue weighted by Crippen LogP contribution is 2.43. The number of rotatable bonds is 3. The number of furan rings is 1. The highest BCUT2D eigenvalue weighted by atomic mass is 16.3. The van der Waals surface area contributed by atoms with Crippen LogP contribution in [-0.2, 0) is 4.79 Å². The Labute approximate surface area is 138 Å². The van der Waals surface area contributed by atoms with Crippen LogP contribution in [-0.4, -0.2) is 21.0 Å². The molecule has 6 heteroatoms.